The summed E-state index contributed by atoms with van der Waals surface area (Å²) >= 11 is 5.84. The van der Waals surface area contributed by atoms with Crippen LogP contribution in [-0.4, -0.2) is 27.4 Å². The minimum absolute atomic E-state index is 0.0639. The molecular weight excluding hydrogens is 360 g/mol. The van der Waals surface area contributed by atoms with Crippen molar-refractivity contribution in [1.82, 2.24) is 5.32 Å². The number of halogens is 1. The lowest BCUT2D eigenvalue weighted by atomic mass is 10.2. The van der Waals surface area contributed by atoms with Gasteiger partial charge in [-0.15, -0.1) is 6.58 Å². The van der Waals surface area contributed by atoms with Gasteiger partial charge in [0.25, 0.3) is 10.0 Å². The summed E-state index contributed by atoms with van der Waals surface area (Å²) in [5, 5.41) is 3.03. The van der Waals surface area contributed by atoms with Crippen molar-refractivity contribution in [3.05, 3.63) is 71.8 Å². The third-order valence-corrected chi connectivity index (χ3v) is 5.49. The van der Waals surface area contributed by atoms with Gasteiger partial charge < -0.3 is 5.32 Å². The molecule has 0 aliphatic rings. The number of hydrogen-bond donors (Lipinski definition) is 1. The maximum atomic E-state index is 13.0. The van der Waals surface area contributed by atoms with Crippen LogP contribution in [0.5, 0.6) is 0 Å². The molecule has 0 spiro atoms. The van der Waals surface area contributed by atoms with Crippen molar-refractivity contribution < 1.29 is 13.2 Å². The average Bonchev–Trinajstić information content (AvgIpc) is 2.59. The lowest BCUT2D eigenvalue weighted by Crippen LogP contribution is -2.40. The van der Waals surface area contributed by atoms with Crippen LogP contribution >= 0.6 is 11.6 Å². The Kier molecular flexibility index (Phi) is 6.22. The summed E-state index contributed by atoms with van der Waals surface area (Å²) in [5.41, 5.74) is 1.40. The molecule has 0 heterocycles. The van der Waals surface area contributed by atoms with Crippen LogP contribution in [0.2, 0.25) is 5.02 Å². The van der Waals surface area contributed by atoms with Gasteiger partial charge >= 0.3 is 0 Å². The SMILES string of the molecule is C=CCNC(=O)CN(c1ccc(C)cc1)S(=O)(=O)c1ccc(Cl)cc1. The minimum Gasteiger partial charge on any atom is -0.351 e. The van der Waals surface area contributed by atoms with Crippen LogP contribution in [0.25, 0.3) is 0 Å². The number of carbonyl (C=O) groups is 1. The van der Waals surface area contributed by atoms with E-state index in [1.807, 2.05) is 6.92 Å². The second-order valence-corrected chi connectivity index (χ2v) is 7.69. The number of carbonyl (C=O) groups excluding carboxylic acids is 1. The van der Waals surface area contributed by atoms with E-state index >= 15 is 0 Å². The monoisotopic (exact) mass is 378 g/mol. The van der Waals surface area contributed by atoms with Crippen molar-refractivity contribution in [2.45, 2.75) is 11.8 Å². The van der Waals surface area contributed by atoms with Crippen molar-refractivity contribution in [1.29, 1.82) is 0 Å². The van der Waals surface area contributed by atoms with Gasteiger partial charge in [0.1, 0.15) is 6.54 Å². The summed E-state index contributed by atoms with van der Waals surface area (Å²) in [6, 6.07) is 12.8. The van der Waals surface area contributed by atoms with E-state index in [1.54, 1.807) is 24.3 Å². The van der Waals surface area contributed by atoms with Gasteiger partial charge in [-0.05, 0) is 43.3 Å². The van der Waals surface area contributed by atoms with E-state index in [2.05, 4.69) is 11.9 Å². The number of nitrogens with zero attached hydrogens (tertiary/aromatic N) is 1. The lowest BCUT2D eigenvalue weighted by molar-refractivity contribution is -0.119. The van der Waals surface area contributed by atoms with Crippen molar-refractivity contribution in [3.63, 3.8) is 0 Å². The summed E-state index contributed by atoms with van der Waals surface area (Å²) in [7, 11) is -3.92. The van der Waals surface area contributed by atoms with E-state index in [-0.39, 0.29) is 18.0 Å². The topological polar surface area (TPSA) is 66.5 Å². The maximum Gasteiger partial charge on any atom is 0.264 e. The second-order valence-electron chi connectivity index (χ2n) is 5.39. The molecule has 0 aliphatic heterocycles. The Hall–Kier alpha value is -2.31. The van der Waals surface area contributed by atoms with Gasteiger partial charge in [0.15, 0.2) is 0 Å². The average molecular weight is 379 g/mol. The largest absolute Gasteiger partial charge is 0.351 e. The van der Waals surface area contributed by atoms with Crippen LogP contribution in [0.3, 0.4) is 0 Å². The summed E-state index contributed by atoms with van der Waals surface area (Å²) in [6.45, 7) is 5.36. The highest BCUT2D eigenvalue weighted by Crippen LogP contribution is 2.24. The first-order valence-electron chi connectivity index (χ1n) is 7.57. The van der Waals surface area contributed by atoms with Gasteiger partial charge in [-0.25, -0.2) is 8.42 Å². The lowest BCUT2D eigenvalue weighted by Gasteiger charge is -2.24. The molecule has 1 N–H and O–H groups in total. The quantitative estimate of drug-likeness (QED) is 0.752. The molecule has 25 heavy (non-hydrogen) atoms. The zero-order valence-corrected chi connectivity index (χ0v) is 15.3. The van der Waals surface area contributed by atoms with Gasteiger partial charge in [0.05, 0.1) is 10.6 Å². The molecule has 2 aromatic rings. The number of aryl methyl sites for hydroxylation is 1. The molecule has 0 saturated carbocycles. The zero-order valence-electron chi connectivity index (χ0n) is 13.8. The zero-order chi connectivity index (χ0) is 18.4. The van der Waals surface area contributed by atoms with Gasteiger partial charge in [0.2, 0.25) is 5.91 Å². The molecule has 0 fully saturated rings. The standard InChI is InChI=1S/C18H19ClN2O3S/c1-3-12-20-18(22)13-21(16-8-4-14(2)5-9-16)25(23,24)17-10-6-15(19)7-11-17/h3-11H,1,12-13H2,2H3,(H,20,22). The summed E-state index contributed by atoms with van der Waals surface area (Å²) in [6.07, 6.45) is 1.53. The third-order valence-electron chi connectivity index (χ3n) is 3.45. The Balaban J connectivity index is 2.42. The highest BCUT2D eigenvalue weighted by Gasteiger charge is 2.27. The van der Waals surface area contributed by atoms with Crippen molar-refractivity contribution in [2.75, 3.05) is 17.4 Å². The first-order valence-corrected chi connectivity index (χ1v) is 9.39. The first-order chi connectivity index (χ1) is 11.8. The third kappa shape index (κ3) is 4.84. The predicted molar refractivity (Wildman–Crippen MR) is 100 cm³/mol. The number of rotatable bonds is 7. The molecule has 7 heteroatoms. The molecule has 0 aliphatic carbocycles. The van der Waals surface area contributed by atoms with Crippen molar-refractivity contribution in [2.24, 2.45) is 0 Å². The van der Waals surface area contributed by atoms with Crippen molar-refractivity contribution >= 4 is 33.2 Å². The Bertz CT molecular complexity index is 847. The molecular formula is C18H19ClN2O3S. The molecule has 0 aromatic heterocycles. The van der Waals surface area contributed by atoms with Crippen LogP contribution in [0.4, 0.5) is 5.69 Å². The normalized spacial score (nSPS) is 11.0. The van der Waals surface area contributed by atoms with Crippen LogP contribution in [-0.2, 0) is 14.8 Å². The molecule has 0 radical (unpaired) electrons. The molecule has 0 atom stereocenters. The number of sulfonamides is 1. The first kappa shape index (κ1) is 19.0. The maximum absolute atomic E-state index is 13.0. The molecule has 0 bridgehead atoms. The number of nitrogens with one attached hydrogen (secondary N) is 1. The predicted octanol–water partition coefficient (Wildman–Crippen LogP) is 3.15. The van der Waals surface area contributed by atoms with E-state index in [0.29, 0.717) is 10.7 Å². The fraction of sp³-hybridized carbons (Fsp3) is 0.167. The van der Waals surface area contributed by atoms with E-state index < -0.39 is 15.9 Å². The Labute approximate surface area is 153 Å². The highest BCUT2D eigenvalue weighted by molar-refractivity contribution is 7.92. The van der Waals surface area contributed by atoms with E-state index in [1.165, 1.54) is 30.3 Å². The Morgan fingerprint density at radius 3 is 2.32 bits per heavy atom. The van der Waals surface area contributed by atoms with Crippen LogP contribution in [0.1, 0.15) is 5.56 Å². The number of amides is 1. The van der Waals surface area contributed by atoms with Crippen LogP contribution < -0.4 is 9.62 Å². The molecule has 2 aromatic carbocycles. The smallest absolute Gasteiger partial charge is 0.264 e. The van der Waals surface area contributed by atoms with Gasteiger partial charge in [-0.2, -0.15) is 0 Å². The molecule has 132 valence electrons. The minimum atomic E-state index is -3.92. The van der Waals surface area contributed by atoms with Gasteiger partial charge in [0, 0.05) is 11.6 Å². The molecule has 2 rings (SSSR count). The van der Waals surface area contributed by atoms with Gasteiger partial charge in [-0.1, -0.05) is 35.4 Å². The van der Waals surface area contributed by atoms with E-state index in [4.69, 9.17) is 11.6 Å². The summed E-state index contributed by atoms with van der Waals surface area (Å²) in [5.74, 6) is -0.419. The molecule has 1 amide bonds. The van der Waals surface area contributed by atoms with Crippen LogP contribution in [0, 0.1) is 6.92 Å². The Morgan fingerprint density at radius 1 is 1.16 bits per heavy atom. The summed E-state index contributed by atoms with van der Waals surface area (Å²) in [4.78, 5) is 12.2. The number of benzene rings is 2. The fourth-order valence-corrected chi connectivity index (χ4v) is 3.68. The van der Waals surface area contributed by atoms with Crippen molar-refractivity contribution in [3.8, 4) is 0 Å². The fourth-order valence-electron chi connectivity index (χ4n) is 2.13. The van der Waals surface area contributed by atoms with Gasteiger partial charge in [-0.3, -0.25) is 9.10 Å². The molecule has 5 nitrogen and oxygen atoms in total. The number of hydrogen-bond acceptors (Lipinski definition) is 3. The second kappa shape index (κ2) is 8.18. The summed E-state index contributed by atoms with van der Waals surface area (Å²) < 4.78 is 27.1. The Morgan fingerprint density at radius 2 is 1.76 bits per heavy atom. The molecule has 0 saturated heterocycles. The molecule has 0 unspecified atom stereocenters. The van der Waals surface area contributed by atoms with E-state index in [9.17, 15) is 13.2 Å². The number of anilines is 1. The van der Waals surface area contributed by atoms with Crippen LogP contribution in [0.15, 0.2) is 66.1 Å². The highest BCUT2D eigenvalue weighted by atomic mass is 35.5. The van der Waals surface area contributed by atoms with E-state index in [0.717, 1.165) is 9.87 Å².